The molecule has 2 aliphatic carbocycles. The van der Waals surface area contributed by atoms with Crippen LogP contribution in [0.1, 0.15) is 103 Å². The van der Waals surface area contributed by atoms with Crippen LogP contribution in [0.25, 0.3) is 0 Å². The van der Waals surface area contributed by atoms with Crippen LogP contribution in [0.15, 0.2) is 0 Å². The number of carbonyl (C=O) groups is 2. The van der Waals surface area contributed by atoms with Crippen LogP contribution in [0.2, 0.25) is 0 Å². The molecule has 0 saturated heterocycles. The van der Waals surface area contributed by atoms with E-state index < -0.39 is 5.97 Å². The van der Waals surface area contributed by atoms with Gasteiger partial charge in [0, 0.05) is 18.8 Å². The fraction of sp³-hybridized carbons (Fsp3) is 0.913. The van der Waals surface area contributed by atoms with Crippen LogP contribution in [0, 0.1) is 23.7 Å². The Balaban J connectivity index is 1.64. The molecule has 0 heterocycles. The Kier molecular flexibility index (Phi) is 9.81. The average molecular weight is 381 g/mol. The van der Waals surface area contributed by atoms with E-state index in [0.29, 0.717) is 24.0 Å². The smallest absolute Gasteiger partial charge is 0.303 e. The number of carboxylic acids is 1. The molecule has 2 unspecified atom stereocenters. The third-order valence-corrected chi connectivity index (χ3v) is 7.07. The van der Waals surface area contributed by atoms with Gasteiger partial charge in [-0.05, 0) is 56.3 Å². The maximum atomic E-state index is 12.3. The van der Waals surface area contributed by atoms with E-state index >= 15 is 0 Å². The summed E-state index contributed by atoms with van der Waals surface area (Å²) >= 11 is 0. The Morgan fingerprint density at radius 2 is 1.78 bits per heavy atom. The van der Waals surface area contributed by atoms with E-state index in [0.717, 1.165) is 63.7 Å². The zero-order valence-corrected chi connectivity index (χ0v) is 17.2. The summed E-state index contributed by atoms with van der Waals surface area (Å²) < 4.78 is 0. The molecule has 2 fully saturated rings. The fourth-order valence-corrected chi connectivity index (χ4v) is 5.31. The first-order chi connectivity index (χ1) is 13.0. The molecule has 2 aliphatic rings. The highest BCUT2D eigenvalue weighted by atomic mass is 16.4. The van der Waals surface area contributed by atoms with Crippen molar-refractivity contribution in [3.05, 3.63) is 0 Å². The molecule has 156 valence electrons. The Bertz CT molecular complexity index is 455. The zero-order valence-electron chi connectivity index (χ0n) is 17.2. The average Bonchev–Trinajstić information content (AvgIpc) is 3.26. The van der Waals surface area contributed by atoms with Crippen LogP contribution in [0.5, 0.6) is 0 Å². The summed E-state index contributed by atoms with van der Waals surface area (Å²) in [4.78, 5) is 22.8. The molecule has 4 nitrogen and oxygen atoms in total. The van der Waals surface area contributed by atoms with Gasteiger partial charge in [0.05, 0.1) is 6.10 Å². The standard InChI is InChI=1S/C23H40O4/c1-17(16-18-8-6-7-9-18)21(24)14-12-19-13-15-22(25)20(19)10-4-2-3-5-11-23(26)27/h17-21,24H,2-16H2,1H3,(H,26,27)/t17?,19-,20+,21?/m0/s1. The van der Waals surface area contributed by atoms with Crippen LogP contribution in [-0.4, -0.2) is 28.1 Å². The molecule has 27 heavy (non-hydrogen) atoms. The third kappa shape index (κ3) is 7.93. The van der Waals surface area contributed by atoms with Crippen molar-refractivity contribution in [2.75, 3.05) is 0 Å². The summed E-state index contributed by atoms with van der Waals surface area (Å²) in [6.45, 7) is 2.19. The van der Waals surface area contributed by atoms with E-state index in [1.54, 1.807) is 0 Å². The number of carboxylic acid groups (broad SMARTS) is 1. The summed E-state index contributed by atoms with van der Waals surface area (Å²) in [5.41, 5.74) is 0. The molecule has 2 N–H and O–H groups in total. The monoisotopic (exact) mass is 380 g/mol. The van der Waals surface area contributed by atoms with Gasteiger partial charge in [0.1, 0.15) is 5.78 Å². The minimum Gasteiger partial charge on any atom is -0.481 e. The summed E-state index contributed by atoms with van der Waals surface area (Å²) in [6, 6.07) is 0. The maximum absolute atomic E-state index is 12.3. The van der Waals surface area contributed by atoms with Gasteiger partial charge in [-0.25, -0.2) is 0 Å². The third-order valence-electron chi connectivity index (χ3n) is 7.07. The van der Waals surface area contributed by atoms with E-state index in [1.807, 2.05) is 0 Å². The number of unbranched alkanes of at least 4 members (excludes halogenated alkanes) is 3. The van der Waals surface area contributed by atoms with Crippen molar-refractivity contribution in [2.45, 2.75) is 109 Å². The first kappa shape index (κ1) is 22.4. The van der Waals surface area contributed by atoms with Gasteiger partial charge in [0.15, 0.2) is 0 Å². The molecule has 0 aromatic carbocycles. The lowest BCUT2D eigenvalue weighted by molar-refractivity contribution is -0.137. The van der Waals surface area contributed by atoms with Crippen LogP contribution >= 0.6 is 0 Å². The van der Waals surface area contributed by atoms with E-state index in [9.17, 15) is 14.7 Å². The topological polar surface area (TPSA) is 74.6 Å². The number of aliphatic carboxylic acids is 1. The number of Topliss-reactive ketones (excluding diaryl/α,β-unsaturated/α-hetero) is 1. The van der Waals surface area contributed by atoms with Crippen LogP contribution < -0.4 is 0 Å². The molecule has 4 atom stereocenters. The predicted molar refractivity (Wildman–Crippen MR) is 108 cm³/mol. The van der Waals surface area contributed by atoms with Gasteiger partial charge in [-0.15, -0.1) is 0 Å². The minimum atomic E-state index is -0.721. The summed E-state index contributed by atoms with van der Waals surface area (Å²) in [7, 11) is 0. The molecule has 2 saturated carbocycles. The van der Waals surface area contributed by atoms with Crippen molar-refractivity contribution in [3.8, 4) is 0 Å². The van der Waals surface area contributed by atoms with E-state index in [-0.39, 0.29) is 18.4 Å². The number of aliphatic hydroxyl groups excluding tert-OH is 1. The van der Waals surface area contributed by atoms with Gasteiger partial charge < -0.3 is 10.2 Å². The molecule has 0 radical (unpaired) electrons. The highest BCUT2D eigenvalue weighted by Gasteiger charge is 2.34. The van der Waals surface area contributed by atoms with Crippen molar-refractivity contribution in [2.24, 2.45) is 23.7 Å². The molecule has 0 aliphatic heterocycles. The molecular formula is C23H40O4. The fourth-order valence-electron chi connectivity index (χ4n) is 5.31. The van der Waals surface area contributed by atoms with Crippen molar-refractivity contribution >= 4 is 11.8 Å². The largest absolute Gasteiger partial charge is 0.481 e. The summed E-state index contributed by atoms with van der Waals surface area (Å²) in [5.74, 6) is 1.52. The molecule has 2 rings (SSSR count). The summed E-state index contributed by atoms with van der Waals surface area (Å²) in [6.07, 6.45) is 14.8. The number of aliphatic hydroxyl groups is 1. The minimum absolute atomic E-state index is 0.182. The summed E-state index contributed by atoms with van der Waals surface area (Å²) in [5, 5.41) is 19.2. The van der Waals surface area contributed by atoms with E-state index in [1.165, 1.54) is 25.7 Å². The number of ketones is 1. The Morgan fingerprint density at radius 1 is 1.07 bits per heavy atom. The van der Waals surface area contributed by atoms with Gasteiger partial charge in [-0.2, -0.15) is 0 Å². The van der Waals surface area contributed by atoms with Crippen molar-refractivity contribution in [1.82, 2.24) is 0 Å². The highest BCUT2D eigenvalue weighted by molar-refractivity contribution is 5.83. The molecule has 0 aromatic rings. The van der Waals surface area contributed by atoms with Crippen molar-refractivity contribution in [3.63, 3.8) is 0 Å². The van der Waals surface area contributed by atoms with Crippen LogP contribution in [0.4, 0.5) is 0 Å². The van der Waals surface area contributed by atoms with Gasteiger partial charge in [0.2, 0.25) is 0 Å². The Hall–Kier alpha value is -0.900. The second kappa shape index (κ2) is 11.8. The predicted octanol–water partition coefficient (Wildman–Crippen LogP) is 5.36. The lowest BCUT2D eigenvalue weighted by atomic mass is 9.83. The number of hydrogen-bond donors (Lipinski definition) is 2. The molecule has 0 aromatic heterocycles. The molecule has 0 spiro atoms. The molecular weight excluding hydrogens is 340 g/mol. The first-order valence-corrected chi connectivity index (χ1v) is 11.4. The van der Waals surface area contributed by atoms with Crippen LogP contribution in [0.3, 0.4) is 0 Å². The number of rotatable bonds is 13. The Labute approximate surface area is 165 Å². The van der Waals surface area contributed by atoms with Gasteiger partial charge >= 0.3 is 5.97 Å². The van der Waals surface area contributed by atoms with E-state index in [4.69, 9.17) is 5.11 Å². The van der Waals surface area contributed by atoms with Crippen molar-refractivity contribution in [1.29, 1.82) is 0 Å². The van der Waals surface area contributed by atoms with Gasteiger partial charge in [0.25, 0.3) is 0 Å². The second-order valence-corrected chi connectivity index (χ2v) is 9.23. The highest BCUT2D eigenvalue weighted by Crippen LogP contribution is 2.37. The number of hydrogen-bond acceptors (Lipinski definition) is 3. The quantitative estimate of drug-likeness (QED) is 0.422. The lowest BCUT2D eigenvalue weighted by Gasteiger charge is -2.24. The first-order valence-electron chi connectivity index (χ1n) is 11.4. The zero-order chi connectivity index (χ0) is 19.6. The lowest BCUT2D eigenvalue weighted by Crippen LogP contribution is -2.22. The molecule has 0 amide bonds. The molecule has 4 heteroatoms. The SMILES string of the molecule is CC(CC1CCCC1)C(O)CC[C@H]1CCC(=O)[C@@H]1CCCCCCC(=O)O. The normalized spacial score (nSPS) is 25.8. The van der Waals surface area contributed by atoms with Crippen LogP contribution in [-0.2, 0) is 9.59 Å². The Morgan fingerprint density at radius 3 is 2.48 bits per heavy atom. The second-order valence-electron chi connectivity index (χ2n) is 9.23. The maximum Gasteiger partial charge on any atom is 0.303 e. The van der Waals surface area contributed by atoms with Gasteiger partial charge in [-0.1, -0.05) is 51.9 Å². The van der Waals surface area contributed by atoms with Gasteiger partial charge in [-0.3, -0.25) is 9.59 Å². The number of carbonyl (C=O) groups excluding carboxylic acids is 1. The van der Waals surface area contributed by atoms with E-state index in [2.05, 4.69) is 6.92 Å². The molecule has 0 bridgehead atoms. The van der Waals surface area contributed by atoms with Crippen molar-refractivity contribution < 1.29 is 19.8 Å².